The van der Waals surface area contributed by atoms with Crippen LogP contribution >= 0.6 is 0 Å². The monoisotopic (exact) mass is 411 g/mol. The van der Waals surface area contributed by atoms with E-state index in [0.29, 0.717) is 30.7 Å². The van der Waals surface area contributed by atoms with Crippen molar-refractivity contribution in [3.63, 3.8) is 0 Å². The first-order valence-corrected chi connectivity index (χ1v) is 10.7. The molecule has 2 aliphatic heterocycles. The van der Waals surface area contributed by atoms with E-state index >= 15 is 0 Å². The number of benzene rings is 1. The topological polar surface area (TPSA) is 88.5 Å². The standard InChI is InChI=1S/C22H29N5O3/c28-21(24-14-20(18-7-12-30-16-18)26-9-1-2-10-26)25-19-6-3-5-17(13-19)15-27-11-4-8-23-22(27)29/h3-6,8,11,13,18,20H,1-2,7,9-10,12,14-16H2,(H2,24,25,28)/t18-,20+/m1/s1. The van der Waals surface area contributed by atoms with Gasteiger partial charge in [0.05, 0.1) is 13.2 Å². The molecule has 0 radical (unpaired) electrons. The van der Waals surface area contributed by atoms with E-state index < -0.39 is 0 Å². The van der Waals surface area contributed by atoms with Gasteiger partial charge in [0.25, 0.3) is 0 Å². The van der Waals surface area contributed by atoms with Gasteiger partial charge in [0, 0.05) is 43.2 Å². The fraction of sp³-hybridized carbons (Fsp3) is 0.500. The Kier molecular flexibility index (Phi) is 6.76. The second-order valence-corrected chi connectivity index (χ2v) is 8.00. The minimum Gasteiger partial charge on any atom is -0.381 e. The van der Waals surface area contributed by atoms with E-state index in [0.717, 1.165) is 38.3 Å². The number of hydrogen-bond donors (Lipinski definition) is 2. The number of rotatable bonds is 7. The van der Waals surface area contributed by atoms with E-state index in [1.165, 1.54) is 23.6 Å². The molecule has 2 atom stereocenters. The normalized spacial score (nSPS) is 20.2. The van der Waals surface area contributed by atoms with E-state index in [1.54, 1.807) is 12.3 Å². The average molecular weight is 412 g/mol. The zero-order valence-electron chi connectivity index (χ0n) is 17.1. The van der Waals surface area contributed by atoms with E-state index in [4.69, 9.17) is 4.74 Å². The first-order chi connectivity index (χ1) is 14.7. The molecule has 30 heavy (non-hydrogen) atoms. The summed E-state index contributed by atoms with van der Waals surface area (Å²) in [6.07, 6.45) is 6.69. The summed E-state index contributed by atoms with van der Waals surface area (Å²) in [6, 6.07) is 9.35. The van der Waals surface area contributed by atoms with Crippen molar-refractivity contribution in [2.24, 2.45) is 5.92 Å². The Labute approximate surface area is 176 Å². The van der Waals surface area contributed by atoms with Crippen molar-refractivity contribution < 1.29 is 9.53 Å². The molecule has 8 heteroatoms. The largest absolute Gasteiger partial charge is 0.381 e. The van der Waals surface area contributed by atoms with Gasteiger partial charge >= 0.3 is 11.7 Å². The minimum atomic E-state index is -0.294. The van der Waals surface area contributed by atoms with Gasteiger partial charge in [-0.2, -0.15) is 0 Å². The second-order valence-electron chi connectivity index (χ2n) is 8.00. The Morgan fingerprint density at radius 3 is 2.90 bits per heavy atom. The Morgan fingerprint density at radius 1 is 1.27 bits per heavy atom. The number of amides is 2. The summed E-state index contributed by atoms with van der Waals surface area (Å²) < 4.78 is 7.12. The van der Waals surface area contributed by atoms with Gasteiger partial charge in [-0.15, -0.1) is 0 Å². The number of hydrogen-bond acceptors (Lipinski definition) is 5. The average Bonchev–Trinajstić information content (AvgIpc) is 3.45. The maximum Gasteiger partial charge on any atom is 0.347 e. The third-order valence-electron chi connectivity index (χ3n) is 5.91. The summed E-state index contributed by atoms with van der Waals surface area (Å²) in [5, 5.41) is 5.97. The molecule has 0 saturated carbocycles. The third kappa shape index (κ3) is 5.25. The molecule has 2 aromatic rings. The number of carbonyl (C=O) groups is 1. The van der Waals surface area contributed by atoms with Crippen LogP contribution in [-0.2, 0) is 11.3 Å². The summed E-state index contributed by atoms with van der Waals surface area (Å²) in [7, 11) is 0. The van der Waals surface area contributed by atoms with Crippen LogP contribution in [0.1, 0.15) is 24.8 Å². The van der Waals surface area contributed by atoms with Crippen LogP contribution in [0.2, 0.25) is 0 Å². The molecule has 8 nitrogen and oxygen atoms in total. The number of nitrogens with zero attached hydrogens (tertiary/aromatic N) is 3. The van der Waals surface area contributed by atoms with E-state index in [1.807, 2.05) is 24.3 Å². The lowest BCUT2D eigenvalue weighted by molar-refractivity contribution is 0.135. The van der Waals surface area contributed by atoms with Gasteiger partial charge in [-0.1, -0.05) is 12.1 Å². The van der Waals surface area contributed by atoms with Gasteiger partial charge in [0.2, 0.25) is 0 Å². The van der Waals surface area contributed by atoms with Crippen LogP contribution in [0, 0.1) is 5.92 Å². The van der Waals surface area contributed by atoms with Crippen LogP contribution < -0.4 is 16.3 Å². The predicted octanol–water partition coefficient (Wildman–Crippen LogP) is 1.91. The Bertz CT molecular complexity index is 887. The molecular formula is C22H29N5O3. The first kappa shape index (κ1) is 20.6. The van der Waals surface area contributed by atoms with Crippen molar-refractivity contribution in [2.45, 2.75) is 31.8 Å². The Hall–Kier alpha value is -2.71. The fourth-order valence-electron chi connectivity index (χ4n) is 4.35. The van der Waals surface area contributed by atoms with Gasteiger partial charge in [-0.05, 0) is 56.1 Å². The Balaban J connectivity index is 1.34. The van der Waals surface area contributed by atoms with Gasteiger partial charge < -0.3 is 15.4 Å². The second kappa shape index (κ2) is 9.86. The zero-order chi connectivity index (χ0) is 20.8. The number of nitrogens with one attached hydrogen (secondary N) is 2. The van der Waals surface area contributed by atoms with Crippen molar-refractivity contribution in [1.29, 1.82) is 0 Å². The van der Waals surface area contributed by atoms with Crippen LogP contribution in [-0.4, -0.2) is 59.4 Å². The molecule has 0 spiro atoms. The molecule has 0 bridgehead atoms. The molecule has 4 rings (SSSR count). The van der Waals surface area contributed by atoms with Gasteiger partial charge in [0.15, 0.2) is 0 Å². The molecule has 2 N–H and O–H groups in total. The highest BCUT2D eigenvalue weighted by Crippen LogP contribution is 2.24. The molecule has 0 unspecified atom stereocenters. The maximum absolute atomic E-state index is 12.5. The molecule has 2 saturated heterocycles. The van der Waals surface area contributed by atoms with Gasteiger partial charge in [0.1, 0.15) is 0 Å². The molecule has 3 heterocycles. The van der Waals surface area contributed by atoms with Crippen molar-refractivity contribution >= 4 is 11.7 Å². The third-order valence-corrected chi connectivity index (χ3v) is 5.91. The quantitative estimate of drug-likeness (QED) is 0.727. The lowest BCUT2D eigenvalue weighted by Crippen LogP contribution is -2.48. The van der Waals surface area contributed by atoms with Crippen LogP contribution in [0.4, 0.5) is 10.5 Å². The van der Waals surface area contributed by atoms with Crippen molar-refractivity contribution in [3.8, 4) is 0 Å². The summed E-state index contributed by atoms with van der Waals surface area (Å²) in [5.74, 6) is 0.476. The zero-order valence-corrected chi connectivity index (χ0v) is 17.1. The number of anilines is 1. The summed E-state index contributed by atoms with van der Waals surface area (Å²) in [4.78, 5) is 30.6. The molecule has 1 aromatic carbocycles. The molecule has 0 aliphatic carbocycles. The van der Waals surface area contributed by atoms with Crippen molar-refractivity contribution in [3.05, 3.63) is 58.8 Å². The predicted molar refractivity (Wildman–Crippen MR) is 115 cm³/mol. The lowest BCUT2D eigenvalue weighted by atomic mass is 9.97. The highest BCUT2D eigenvalue weighted by Gasteiger charge is 2.32. The summed E-state index contributed by atoms with van der Waals surface area (Å²) >= 11 is 0. The number of carbonyl (C=O) groups excluding carboxylic acids is 1. The highest BCUT2D eigenvalue weighted by atomic mass is 16.5. The van der Waals surface area contributed by atoms with Crippen LogP contribution in [0.15, 0.2) is 47.5 Å². The van der Waals surface area contributed by atoms with E-state index in [9.17, 15) is 9.59 Å². The molecular weight excluding hydrogens is 382 g/mol. The fourth-order valence-corrected chi connectivity index (χ4v) is 4.35. The van der Waals surface area contributed by atoms with E-state index in [-0.39, 0.29) is 11.7 Å². The van der Waals surface area contributed by atoms with E-state index in [2.05, 4.69) is 20.5 Å². The molecule has 2 aliphatic rings. The van der Waals surface area contributed by atoms with Crippen molar-refractivity contribution in [1.82, 2.24) is 19.8 Å². The number of urea groups is 1. The smallest absolute Gasteiger partial charge is 0.347 e. The molecule has 1 aromatic heterocycles. The van der Waals surface area contributed by atoms with Crippen LogP contribution in [0.25, 0.3) is 0 Å². The summed E-state index contributed by atoms with van der Waals surface area (Å²) in [5.41, 5.74) is 1.32. The first-order valence-electron chi connectivity index (χ1n) is 10.7. The molecule has 2 fully saturated rings. The maximum atomic E-state index is 12.5. The van der Waals surface area contributed by atoms with Crippen LogP contribution in [0.5, 0.6) is 0 Å². The highest BCUT2D eigenvalue weighted by molar-refractivity contribution is 5.89. The van der Waals surface area contributed by atoms with Crippen LogP contribution in [0.3, 0.4) is 0 Å². The van der Waals surface area contributed by atoms with Crippen molar-refractivity contribution in [2.75, 3.05) is 38.2 Å². The minimum absolute atomic E-state index is 0.214. The molecule has 2 amide bonds. The number of ether oxygens (including phenoxy) is 1. The molecule has 160 valence electrons. The summed E-state index contributed by atoms with van der Waals surface area (Å²) in [6.45, 7) is 4.81. The SMILES string of the molecule is O=C(NC[C@@H]([C@@H]1CCOC1)N1CCCC1)Nc1cccc(Cn2cccnc2=O)c1. The van der Waals surface area contributed by atoms with Gasteiger partial charge in [-0.25, -0.2) is 14.6 Å². The Morgan fingerprint density at radius 2 is 2.13 bits per heavy atom. The van der Waals surface area contributed by atoms with Gasteiger partial charge in [-0.3, -0.25) is 9.47 Å². The lowest BCUT2D eigenvalue weighted by Gasteiger charge is -2.32. The number of aromatic nitrogens is 2. The number of likely N-dealkylation sites (tertiary alicyclic amines) is 1.